The summed E-state index contributed by atoms with van der Waals surface area (Å²) in [5.41, 5.74) is 6.22. The van der Waals surface area contributed by atoms with Crippen molar-refractivity contribution in [1.82, 2.24) is 19.3 Å². The lowest BCUT2D eigenvalue weighted by Crippen LogP contribution is -2.15. The number of carbonyl (C=O) groups excluding carboxylic acids is 2. The third-order valence-electron chi connectivity index (χ3n) is 6.92. The lowest BCUT2D eigenvalue weighted by molar-refractivity contribution is -0.118. The molecule has 8 nitrogen and oxygen atoms in total. The normalized spacial score (nSPS) is 10.9. The van der Waals surface area contributed by atoms with Crippen LogP contribution in [0.3, 0.4) is 0 Å². The highest BCUT2D eigenvalue weighted by molar-refractivity contribution is 6.04. The number of Topliss-reactive ketones (excluding diaryl/α,β-unsaturated/α-hetero) is 1. The molecule has 0 aliphatic heterocycles. The Morgan fingerprint density at radius 3 is 2.39 bits per heavy atom. The second-order valence-corrected chi connectivity index (χ2v) is 10.3. The van der Waals surface area contributed by atoms with Gasteiger partial charge in [0.15, 0.2) is 0 Å². The van der Waals surface area contributed by atoms with E-state index < -0.39 is 0 Å². The number of imidazole rings is 1. The fourth-order valence-corrected chi connectivity index (χ4v) is 4.70. The highest BCUT2D eigenvalue weighted by Crippen LogP contribution is 2.22. The number of aromatic nitrogens is 4. The fourth-order valence-electron chi connectivity index (χ4n) is 4.70. The zero-order valence-electron chi connectivity index (χ0n) is 23.6. The number of para-hydroxylation sites is 1. The van der Waals surface area contributed by atoms with Gasteiger partial charge < -0.3 is 4.90 Å². The average molecular weight is 547 g/mol. The molecule has 5 rings (SSSR count). The van der Waals surface area contributed by atoms with Crippen LogP contribution < -0.4 is 10.2 Å². The Kier molecular flexibility index (Phi) is 8.39. The largest absolute Gasteiger partial charge is 0.378 e. The van der Waals surface area contributed by atoms with Crippen LogP contribution in [0.1, 0.15) is 34.5 Å². The minimum atomic E-state index is -0.250. The van der Waals surface area contributed by atoms with Crippen LogP contribution in [0.2, 0.25) is 0 Å². The van der Waals surface area contributed by atoms with Gasteiger partial charge in [-0.15, -0.1) is 0 Å². The molecule has 0 bridgehead atoms. The number of carbonyl (C=O) groups is 2. The summed E-state index contributed by atoms with van der Waals surface area (Å²) in [5.74, 6) is 0.392. The number of amides is 1. The van der Waals surface area contributed by atoms with Crippen LogP contribution in [0.4, 0.5) is 11.6 Å². The van der Waals surface area contributed by atoms with Crippen LogP contribution in [0, 0.1) is 0 Å². The van der Waals surface area contributed by atoms with E-state index in [1.54, 1.807) is 16.9 Å². The van der Waals surface area contributed by atoms with Crippen molar-refractivity contribution in [3.8, 4) is 16.8 Å². The molecule has 0 unspecified atom stereocenters. The van der Waals surface area contributed by atoms with Gasteiger partial charge in [-0.2, -0.15) is 5.10 Å². The van der Waals surface area contributed by atoms with Crippen molar-refractivity contribution in [3.63, 3.8) is 0 Å². The van der Waals surface area contributed by atoms with Crippen molar-refractivity contribution >= 4 is 23.3 Å². The quantitative estimate of drug-likeness (QED) is 0.229. The van der Waals surface area contributed by atoms with E-state index in [0.29, 0.717) is 37.2 Å². The topological polar surface area (TPSA) is 85.0 Å². The summed E-state index contributed by atoms with van der Waals surface area (Å²) < 4.78 is 3.61. The zero-order valence-corrected chi connectivity index (χ0v) is 23.6. The molecule has 0 saturated carbocycles. The molecule has 5 aromatic rings. The molecule has 3 aromatic carbocycles. The molecule has 2 heterocycles. The maximum absolute atomic E-state index is 13.3. The van der Waals surface area contributed by atoms with Crippen LogP contribution in [0.5, 0.6) is 0 Å². The van der Waals surface area contributed by atoms with E-state index in [4.69, 9.17) is 4.98 Å². The van der Waals surface area contributed by atoms with E-state index in [1.165, 1.54) is 0 Å². The van der Waals surface area contributed by atoms with E-state index in [-0.39, 0.29) is 11.7 Å². The monoisotopic (exact) mass is 546 g/mol. The van der Waals surface area contributed by atoms with Crippen molar-refractivity contribution in [1.29, 1.82) is 0 Å². The third-order valence-corrected chi connectivity index (χ3v) is 6.92. The van der Waals surface area contributed by atoms with Crippen LogP contribution in [-0.2, 0) is 24.7 Å². The second-order valence-electron chi connectivity index (χ2n) is 10.3. The highest BCUT2D eigenvalue weighted by atomic mass is 16.1. The molecule has 1 amide bonds. The molecule has 0 saturated heterocycles. The second kappa shape index (κ2) is 12.5. The van der Waals surface area contributed by atoms with E-state index >= 15 is 0 Å². The lowest BCUT2D eigenvalue weighted by Gasteiger charge is -2.12. The minimum absolute atomic E-state index is 0.201. The molecule has 8 heteroatoms. The van der Waals surface area contributed by atoms with Crippen molar-refractivity contribution in [2.75, 3.05) is 24.3 Å². The van der Waals surface area contributed by atoms with Crippen molar-refractivity contribution in [2.24, 2.45) is 7.05 Å². The Bertz CT molecular complexity index is 1630. The van der Waals surface area contributed by atoms with Crippen LogP contribution in [0.25, 0.3) is 16.8 Å². The maximum Gasteiger partial charge on any atom is 0.258 e. The molecule has 0 fully saturated rings. The number of nitrogens with zero attached hydrogens (tertiary/aromatic N) is 5. The molecular formula is C33H34N6O2. The Labute approximate surface area is 240 Å². The third kappa shape index (κ3) is 6.97. The first-order valence-electron chi connectivity index (χ1n) is 13.7. The smallest absolute Gasteiger partial charge is 0.258 e. The van der Waals surface area contributed by atoms with Gasteiger partial charge >= 0.3 is 0 Å². The van der Waals surface area contributed by atoms with Gasteiger partial charge in [0, 0.05) is 68.9 Å². The molecule has 0 spiro atoms. The maximum atomic E-state index is 13.3. The number of benzene rings is 3. The molecular weight excluding hydrogens is 512 g/mol. The van der Waals surface area contributed by atoms with Crippen LogP contribution in [0.15, 0.2) is 97.5 Å². The van der Waals surface area contributed by atoms with Crippen molar-refractivity contribution < 1.29 is 9.59 Å². The van der Waals surface area contributed by atoms with Crippen LogP contribution in [-0.4, -0.2) is 45.1 Å². The predicted octanol–water partition coefficient (Wildman–Crippen LogP) is 5.73. The SMILES string of the molecule is CN(C)c1ccc(CC(=O)CCCc2cn(-c3ccccc3)c(NC(=O)c3cccc(-c4cnn(C)c4)c3)n2)cc1. The van der Waals surface area contributed by atoms with Gasteiger partial charge in [0.2, 0.25) is 5.95 Å². The number of aryl methyl sites for hydroxylation is 2. The number of nitrogens with one attached hydrogen (secondary N) is 1. The number of hydrogen-bond donors (Lipinski definition) is 1. The molecule has 208 valence electrons. The number of rotatable bonds is 11. The summed E-state index contributed by atoms with van der Waals surface area (Å²) in [6.45, 7) is 0. The molecule has 1 N–H and O–H groups in total. The first-order chi connectivity index (χ1) is 19.9. The van der Waals surface area contributed by atoms with Crippen molar-refractivity contribution in [2.45, 2.75) is 25.7 Å². The Balaban J connectivity index is 1.26. The lowest BCUT2D eigenvalue weighted by atomic mass is 10.0. The molecule has 2 aromatic heterocycles. The number of anilines is 2. The zero-order chi connectivity index (χ0) is 28.8. The van der Waals surface area contributed by atoms with Gasteiger partial charge in [0.05, 0.1) is 11.9 Å². The highest BCUT2D eigenvalue weighted by Gasteiger charge is 2.15. The minimum Gasteiger partial charge on any atom is -0.378 e. The Morgan fingerprint density at radius 1 is 0.902 bits per heavy atom. The van der Waals surface area contributed by atoms with Gasteiger partial charge in [-0.1, -0.05) is 42.5 Å². The van der Waals surface area contributed by atoms with Gasteiger partial charge in [-0.25, -0.2) is 4.98 Å². The number of ketones is 1. The van der Waals surface area contributed by atoms with Gasteiger partial charge in [0.25, 0.3) is 5.91 Å². The Morgan fingerprint density at radius 2 is 1.68 bits per heavy atom. The van der Waals surface area contributed by atoms with Gasteiger partial charge in [0.1, 0.15) is 5.78 Å². The first kappa shape index (κ1) is 27.6. The predicted molar refractivity (Wildman–Crippen MR) is 163 cm³/mol. The van der Waals surface area contributed by atoms with E-state index in [0.717, 1.165) is 33.8 Å². The number of hydrogen-bond acceptors (Lipinski definition) is 5. The van der Waals surface area contributed by atoms with Crippen LogP contribution >= 0.6 is 0 Å². The summed E-state index contributed by atoms with van der Waals surface area (Å²) in [5, 5.41) is 7.22. The van der Waals surface area contributed by atoms with E-state index in [1.807, 2.05) is 116 Å². The van der Waals surface area contributed by atoms with E-state index in [9.17, 15) is 9.59 Å². The summed E-state index contributed by atoms with van der Waals surface area (Å²) in [6, 6.07) is 25.3. The average Bonchev–Trinajstić information content (AvgIpc) is 3.60. The van der Waals surface area contributed by atoms with Gasteiger partial charge in [-0.05, 0) is 60.4 Å². The first-order valence-corrected chi connectivity index (χ1v) is 13.7. The molecule has 41 heavy (non-hydrogen) atoms. The summed E-state index contributed by atoms with van der Waals surface area (Å²) >= 11 is 0. The molecule has 0 aliphatic carbocycles. The van der Waals surface area contributed by atoms with Crippen molar-refractivity contribution in [3.05, 3.63) is 114 Å². The summed E-state index contributed by atoms with van der Waals surface area (Å²) in [4.78, 5) is 32.7. The molecule has 0 radical (unpaired) electrons. The fraction of sp³-hybridized carbons (Fsp3) is 0.212. The summed E-state index contributed by atoms with van der Waals surface area (Å²) in [6.07, 6.45) is 7.82. The standard InChI is InChI=1S/C33H34N6O2/c1-37(2)29-17-15-24(16-18-29)19-31(40)14-8-11-28-23-39(30-12-5-4-6-13-30)33(35-28)36-32(41)26-10-7-9-25(20-26)27-21-34-38(3)22-27/h4-7,9-10,12-13,15-18,20-23H,8,11,14,19H2,1-3H3,(H,35,36,41). The summed E-state index contributed by atoms with van der Waals surface area (Å²) in [7, 11) is 5.86. The van der Waals surface area contributed by atoms with E-state index in [2.05, 4.69) is 10.4 Å². The Hall–Kier alpha value is -4.98. The molecule has 0 atom stereocenters. The van der Waals surface area contributed by atoms with Gasteiger partial charge in [-0.3, -0.25) is 24.2 Å². The molecule has 0 aliphatic rings.